The van der Waals surface area contributed by atoms with Gasteiger partial charge >= 0.3 is 11.9 Å². The Kier molecular flexibility index (Phi) is 4.71. The van der Waals surface area contributed by atoms with Crippen LogP contribution < -0.4 is 0 Å². The lowest BCUT2D eigenvalue weighted by Gasteiger charge is -2.19. The van der Waals surface area contributed by atoms with Crippen LogP contribution in [-0.2, 0) is 16.1 Å². The standard InChI is InChI=1S/C12H15NO6/c1-7-2-8(12(19)9(14)3-7)4-13(5-10(15)16)6-11(17)18/h2-3,14,19H,4-6H2,1H3,(H,15,16)(H,17,18). The Morgan fingerprint density at radius 2 is 1.63 bits per heavy atom. The molecular weight excluding hydrogens is 254 g/mol. The second-order valence-electron chi connectivity index (χ2n) is 4.22. The quantitative estimate of drug-likeness (QED) is 0.551. The number of carboxylic acid groups (broad SMARTS) is 2. The van der Waals surface area contributed by atoms with Crippen molar-refractivity contribution >= 4 is 11.9 Å². The highest BCUT2D eigenvalue weighted by atomic mass is 16.4. The first-order valence-corrected chi connectivity index (χ1v) is 5.47. The number of carboxylic acids is 2. The molecule has 0 aliphatic rings. The summed E-state index contributed by atoms with van der Waals surface area (Å²) in [5.41, 5.74) is 0.955. The molecule has 19 heavy (non-hydrogen) atoms. The summed E-state index contributed by atoms with van der Waals surface area (Å²) < 4.78 is 0. The number of aromatic hydroxyl groups is 2. The summed E-state index contributed by atoms with van der Waals surface area (Å²) in [6, 6.07) is 2.92. The zero-order chi connectivity index (χ0) is 14.6. The predicted molar refractivity (Wildman–Crippen MR) is 65.1 cm³/mol. The van der Waals surface area contributed by atoms with E-state index in [2.05, 4.69) is 0 Å². The van der Waals surface area contributed by atoms with Crippen molar-refractivity contribution in [2.45, 2.75) is 13.5 Å². The third-order valence-electron chi connectivity index (χ3n) is 2.42. The van der Waals surface area contributed by atoms with E-state index in [1.54, 1.807) is 13.0 Å². The maximum atomic E-state index is 10.7. The zero-order valence-corrected chi connectivity index (χ0v) is 10.3. The van der Waals surface area contributed by atoms with Gasteiger partial charge in [0, 0.05) is 12.1 Å². The normalized spacial score (nSPS) is 10.6. The molecule has 0 aliphatic carbocycles. The number of aryl methyl sites for hydroxylation is 1. The maximum absolute atomic E-state index is 10.7. The second kappa shape index (κ2) is 6.05. The number of nitrogens with zero attached hydrogens (tertiary/aromatic N) is 1. The van der Waals surface area contributed by atoms with Crippen molar-refractivity contribution in [3.8, 4) is 11.5 Å². The maximum Gasteiger partial charge on any atom is 0.317 e. The Morgan fingerprint density at radius 3 is 2.11 bits per heavy atom. The molecule has 7 nitrogen and oxygen atoms in total. The van der Waals surface area contributed by atoms with Gasteiger partial charge in [-0.3, -0.25) is 14.5 Å². The van der Waals surface area contributed by atoms with Crippen LogP contribution in [0.15, 0.2) is 12.1 Å². The lowest BCUT2D eigenvalue weighted by atomic mass is 10.1. The van der Waals surface area contributed by atoms with Crippen LogP contribution in [0.25, 0.3) is 0 Å². The van der Waals surface area contributed by atoms with Crippen molar-refractivity contribution in [3.05, 3.63) is 23.3 Å². The number of benzene rings is 1. The monoisotopic (exact) mass is 269 g/mol. The molecule has 104 valence electrons. The van der Waals surface area contributed by atoms with Crippen molar-refractivity contribution in [2.24, 2.45) is 0 Å². The van der Waals surface area contributed by atoms with Crippen LogP contribution in [-0.4, -0.2) is 50.4 Å². The van der Waals surface area contributed by atoms with Gasteiger partial charge in [0.2, 0.25) is 0 Å². The highest BCUT2D eigenvalue weighted by molar-refractivity contribution is 5.72. The molecule has 1 aromatic carbocycles. The van der Waals surface area contributed by atoms with E-state index in [0.717, 1.165) is 4.90 Å². The molecule has 0 atom stereocenters. The van der Waals surface area contributed by atoms with E-state index >= 15 is 0 Å². The third-order valence-corrected chi connectivity index (χ3v) is 2.42. The van der Waals surface area contributed by atoms with Gasteiger partial charge in [-0.1, -0.05) is 6.07 Å². The van der Waals surface area contributed by atoms with Crippen LogP contribution in [0, 0.1) is 6.92 Å². The first-order valence-electron chi connectivity index (χ1n) is 5.47. The van der Waals surface area contributed by atoms with Crippen LogP contribution in [0.1, 0.15) is 11.1 Å². The highest BCUT2D eigenvalue weighted by Crippen LogP contribution is 2.31. The lowest BCUT2D eigenvalue weighted by Crippen LogP contribution is -2.34. The van der Waals surface area contributed by atoms with E-state index in [9.17, 15) is 19.8 Å². The molecule has 4 N–H and O–H groups in total. The molecule has 0 aromatic heterocycles. The molecule has 0 amide bonds. The fraction of sp³-hybridized carbons (Fsp3) is 0.333. The molecule has 0 aliphatic heterocycles. The fourth-order valence-corrected chi connectivity index (χ4v) is 1.75. The van der Waals surface area contributed by atoms with Gasteiger partial charge in [-0.15, -0.1) is 0 Å². The smallest absolute Gasteiger partial charge is 0.317 e. The van der Waals surface area contributed by atoms with Crippen molar-refractivity contribution in [1.29, 1.82) is 0 Å². The summed E-state index contributed by atoms with van der Waals surface area (Å²) in [7, 11) is 0. The van der Waals surface area contributed by atoms with Gasteiger partial charge in [0.25, 0.3) is 0 Å². The molecule has 7 heteroatoms. The second-order valence-corrected chi connectivity index (χ2v) is 4.22. The summed E-state index contributed by atoms with van der Waals surface area (Å²) in [5.74, 6) is -3.03. The first kappa shape index (κ1) is 14.8. The molecule has 1 aromatic rings. The van der Waals surface area contributed by atoms with Gasteiger partial charge in [0.05, 0.1) is 13.1 Å². The number of aliphatic carboxylic acids is 2. The Balaban J connectivity index is 2.95. The Bertz CT molecular complexity index is 483. The van der Waals surface area contributed by atoms with Crippen LogP contribution in [0.4, 0.5) is 0 Å². The van der Waals surface area contributed by atoms with Gasteiger partial charge in [-0.2, -0.15) is 0 Å². The fourth-order valence-electron chi connectivity index (χ4n) is 1.75. The molecule has 0 saturated heterocycles. The number of hydrogen-bond donors (Lipinski definition) is 4. The minimum Gasteiger partial charge on any atom is -0.504 e. The average molecular weight is 269 g/mol. The Labute approximate surface area is 109 Å². The van der Waals surface area contributed by atoms with Gasteiger partial charge in [-0.25, -0.2) is 0 Å². The van der Waals surface area contributed by atoms with E-state index < -0.39 is 25.0 Å². The number of phenols is 2. The molecule has 0 bridgehead atoms. The predicted octanol–water partition coefficient (Wildman–Crippen LogP) is 0.377. The molecule has 0 unspecified atom stereocenters. The van der Waals surface area contributed by atoms with Crippen LogP contribution in [0.3, 0.4) is 0 Å². The molecule has 0 saturated carbocycles. The summed E-state index contributed by atoms with van der Waals surface area (Å²) in [4.78, 5) is 22.4. The Hall–Kier alpha value is -2.28. The molecule has 0 spiro atoms. The van der Waals surface area contributed by atoms with E-state index in [0.29, 0.717) is 5.56 Å². The average Bonchev–Trinajstić information content (AvgIpc) is 2.23. The highest BCUT2D eigenvalue weighted by Gasteiger charge is 2.17. The third kappa shape index (κ3) is 4.47. The summed E-state index contributed by atoms with van der Waals surface area (Å²) in [6.45, 7) is 0.669. The summed E-state index contributed by atoms with van der Waals surface area (Å²) in [6.07, 6.45) is 0. The number of carbonyl (C=O) groups is 2. The van der Waals surface area contributed by atoms with E-state index in [4.69, 9.17) is 10.2 Å². The van der Waals surface area contributed by atoms with Crippen molar-refractivity contribution in [3.63, 3.8) is 0 Å². The lowest BCUT2D eigenvalue weighted by molar-refractivity contribution is -0.142. The first-order chi connectivity index (χ1) is 8.79. The minimum absolute atomic E-state index is 0.0837. The summed E-state index contributed by atoms with van der Waals surface area (Å²) in [5, 5.41) is 36.5. The molecular formula is C12H15NO6. The molecule has 0 fully saturated rings. The number of phenolic OH excluding ortho intramolecular Hbond substituents is 2. The van der Waals surface area contributed by atoms with Crippen LogP contribution >= 0.6 is 0 Å². The van der Waals surface area contributed by atoms with Gasteiger partial charge in [-0.05, 0) is 18.6 Å². The van der Waals surface area contributed by atoms with E-state index in [1.807, 2.05) is 0 Å². The van der Waals surface area contributed by atoms with E-state index in [-0.39, 0.29) is 23.6 Å². The number of rotatable bonds is 6. The largest absolute Gasteiger partial charge is 0.504 e. The molecule has 1 rings (SSSR count). The SMILES string of the molecule is Cc1cc(O)c(O)c(CN(CC(=O)O)CC(=O)O)c1. The Morgan fingerprint density at radius 1 is 1.11 bits per heavy atom. The van der Waals surface area contributed by atoms with Crippen molar-refractivity contribution in [2.75, 3.05) is 13.1 Å². The number of hydrogen-bond acceptors (Lipinski definition) is 5. The molecule has 0 heterocycles. The topological polar surface area (TPSA) is 118 Å². The van der Waals surface area contributed by atoms with Gasteiger partial charge in [0.1, 0.15) is 0 Å². The van der Waals surface area contributed by atoms with Crippen LogP contribution in [0.5, 0.6) is 11.5 Å². The van der Waals surface area contributed by atoms with Gasteiger partial charge in [0.15, 0.2) is 11.5 Å². The van der Waals surface area contributed by atoms with Crippen molar-refractivity contribution in [1.82, 2.24) is 4.90 Å². The minimum atomic E-state index is -1.17. The zero-order valence-electron chi connectivity index (χ0n) is 10.3. The van der Waals surface area contributed by atoms with E-state index in [1.165, 1.54) is 6.07 Å². The molecule has 0 radical (unpaired) electrons. The van der Waals surface area contributed by atoms with Crippen LogP contribution in [0.2, 0.25) is 0 Å². The van der Waals surface area contributed by atoms with Crippen molar-refractivity contribution < 1.29 is 30.0 Å². The van der Waals surface area contributed by atoms with Gasteiger partial charge < -0.3 is 20.4 Å². The summed E-state index contributed by atoms with van der Waals surface area (Å²) >= 11 is 0.